The van der Waals surface area contributed by atoms with E-state index in [1.165, 1.54) is 0 Å². The van der Waals surface area contributed by atoms with Gasteiger partial charge in [-0.15, -0.1) is 0 Å². The molecule has 1 aromatic rings. The van der Waals surface area contributed by atoms with Gasteiger partial charge in [0.1, 0.15) is 5.69 Å². The number of rotatable bonds is 5. The first-order valence-electron chi connectivity index (χ1n) is 5.91. The molecule has 1 fully saturated rings. The van der Waals surface area contributed by atoms with Gasteiger partial charge in [-0.2, -0.15) is 0 Å². The first-order valence-corrected chi connectivity index (χ1v) is 6.71. The van der Waals surface area contributed by atoms with Crippen molar-refractivity contribution in [2.75, 3.05) is 6.54 Å². The molecule has 1 heterocycles. The summed E-state index contributed by atoms with van der Waals surface area (Å²) in [6, 6.07) is 2.33. The number of halogens is 1. The van der Waals surface area contributed by atoms with Crippen LogP contribution in [0.3, 0.4) is 0 Å². The van der Waals surface area contributed by atoms with Gasteiger partial charge in [-0.25, -0.2) is 0 Å². The lowest BCUT2D eigenvalue weighted by Crippen LogP contribution is -2.28. The van der Waals surface area contributed by atoms with Gasteiger partial charge in [-0.3, -0.25) is 4.79 Å². The van der Waals surface area contributed by atoms with E-state index in [-0.39, 0.29) is 12.0 Å². The topological polar surface area (TPSA) is 54.3 Å². The van der Waals surface area contributed by atoms with Crippen molar-refractivity contribution in [1.82, 2.24) is 9.88 Å². The molecule has 1 aliphatic carbocycles. The standard InChI is InChI=1S/C12H17BrN2O2/c1-8(16)4-5-14-12(17)11-6-9(13)7-15(11)10-2-3-10/h6-8,10,16H,2-5H2,1H3,(H,14,17). The van der Waals surface area contributed by atoms with Crippen molar-refractivity contribution in [3.63, 3.8) is 0 Å². The zero-order chi connectivity index (χ0) is 12.4. The molecule has 4 nitrogen and oxygen atoms in total. The van der Waals surface area contributed by atoms with Crippen LogP contribution < -0.4 is 5.32 Å². The highest BCUT2D eigenvalue weighted by molar-refractivity contribution is 9.10. The van der Waals surface area contributed by atoms with Crippen LogP contribution in [-0.4, -0.2) is 28.2 Å². The van der Waals surface area contributed by atoms with E-state index in [2.05, 4.69) is 21.2 Å². The van der Waals surface area contributed by atoms with Gasteiger partial charge in [0.15, 0.2) is 0 Å². The summed E-state index contributed by atoms with van der Waals surface area (Å²) >= 11 is 3.40. The first-order chi connectivity index (χ1) is 8.08. The van der Waals surface area contributed by atoms with Crippen molar-refractivity contribution in [2.45, 2.75) is 38.3 Å². The average molecular weight is 301 g/mol. The Bertz CT molecular complexity index is 411. The second-order valence-electron chi connectivity index (χ2n) is 4.58. The predicted molar refractivity (Wildman–Crippen MR) is 69.0 cm³/mol. The van der Waals surface area contributed by atoms with Gasteiger partial charge in [-0.1, -0.05) is 0 Å². The lowest BCUT2D eigenvalue weighted by Gasteiger charge is -2.09. The molecule has 1 aromatic heterocycles. The zero-order valence-electron chi connectivity index (χ0n) is 9.82. The number of nitrogens with one attached hydrogen (secondary N) is 1. The minimum absolute atomic E-state index is 0.0664. The molecule has 2 N–H and O–H groups in total. The molecule has 5 heteroatoms. The van der Waals surface area contributed by atoms with E-state index in [0.29, 0.717) is 24.7 Å². The SMILES string of the molecule is CC(O)CCNC(=O)c1cc(Br)cn1C1CC1. The third-order valence-electron chi connectivity index (χ3n) is 2.84. The molecule has 17 heavy (non-hydrogen) atoms. The van der Waals surface area contributed by atoms with E-state index < -0.39 is 0 Å². The highest BCUT2D eigenvalue weighted by Gasteiger charge is 2.27. The van der Waals surface area contributed by atoms with E-state index in [9.17, 15) is 4.79 Å². The van der Waals surface area contributed by atoms with Gasteiger partial charge in [0.2, 0.25) is 0 Å². The van der Waals surface area contributed by atoms with Crippen LogP contribution in [0.25, 0.3) is 0 Å². The summed E-state index contributed by atoms with van der Waals surface area (Å²) in [5.74, 6) is -0.0664. The van der Waals surface area contributed by atoms with Crippen molar-refractivity contribution in [3.05, 3.63) is 22.4 Å². The lowest BCUT2D eigenvalue weighted by molar-refractivity contribution is 0.0936. The van der Waals surface area contributed by atoms with Crippen molar-refractivity contribution < 1.29 is 9.90 Å². The second kappa shape index (κ2) is 5.23. The zero-order valence-corrected chi connectivity index (χ0v) is 11.4. The first kappa shape index (κ1) is 12.6. The highest BCUT2D eigenvalue weighted by atomic mass is 79.9. The van der Waals surface area contributed by atoms with Crippen LogP contribution in [-0.2, 0) is 0 Å². The van der Waals surface area contributed by atoms with Gasteiger partial charge < -0.3 is 15.0 Å². The number of carbonyl (C=O) groups is 1. The second-order valence-corrected chi connectivity index (χ2v) is 5.49. The Morgan fingerprint density at radius 3 is 3.00 bits per heavy atom. The molecule has 1 amide bonds. The van der Waals surface area contributed by atoms with Gasteiger partial charge in [0.05, 0.1) is 6.10 Å². The Kier molecular flexibility index (Phi) is 3.89. The summed E-state index contributed by atoms with van der Waals surface area (Å²) in [6.45, 7) is 2.22. The molecule has 0 aromatic carbocycles. The van der Waals surface area contributed by atoms with Gasteiger partial charge >= 0.3 is 0 Å². The van der Waals surface area contributed by atoms with Crippen LogP contribution in [0.2, 0.25) is 0 Å². The number of aliphatic hydroxyl groups excluding tert-OH is 1. The largest absolute Gasteiger partial charge is 0.393 e. The molecule has 1 aliphatic rings. The van der Waals surface area contributed by atoms with Crippen LogP contribution in [0.1, 0.15) is 42.7 Å². The molecule has 94 valence electrons. The molecule has 1 atom stereocenters. The number of hydrogen-bond acceptors (Lipinski definition) is 2. The van der Waals surface area contributed by atoms with Gasteiger partial charge in [0.25, 0.3) is 5.91 Å². The van der Waals surface area contributed by atoms with E-state index in [1.54, 1.807) is 6.92 Å². The van der Waals surface area contributed by atoms with E-state index >= 15 is 0 Å². The highest BCUT2D eigenvalue weighted by Crippen LogP contribution is 2.37. The van der Waals surface area contributed by atoms with Gasteiger partial charge in [-0.05, 0) is 48.2 Å². The van der Waals surface area contributed by atoms with E-state index in [4.69, 9.17) is 5.11 Å². The number of carbonyl (C=O) groups excluding carboxylic acids is 1. The number of aliphatic hydroxyl groups is 1. The fourth-order valence-corrected chi connectivity index (χ4v) is 2.21. The Labute approximate surface area is 109 Å². The van der Waals surface area contributed by atoms with Crippen LogP contribution in [0, 0.1) is 0 Å². The Balaban J connectivity index is 1.98. The predicted octanol–water partition coefficient (Wildman–Crippen LogP) is 2.09. The average Bonchev–Trinajstić information content (AvgIpc) is 3.01. The number of aromatic nitrogens is 1. The van der Waals surface area contributed by atoms with Crippen molar-refractivity contribution in [1.29, 1.82) is 0 Å². The summed E-state index contributed by atoms with van der Waals surface area (Å²) in [7, 11) is 0. The lowest BCUT2D eigenvalue weighted by atomic mass is 10.3. The van der Waals surface area contributed by atoms with Crippen LogP contribution >= 0.6 is 15.9 Å². The molecule has 0 spiro atoms. The maximum atomic E-state index is 12.0. The normalized spacial score (nSPS) is 16.9. The number of nitrogens with zero attached hydrogens (tertiary/aromatic N) is 1. The monoisotopic (exact) mass is 300 g/mol. The molecule has 1 saturated carbocycles. The molecular weight excluding hydrogens is 284 g/mol. The summed E-state index contributed by atoms with van der Waals surface area (Å²) in [4.78, 5) is 12.0. The number of amides is 1. The van der Waals surface area contributed by atoms with E-state index in [1.807, 2.05) is 16.8 Å². The minimum atomic E-state index is -0.378. The quantitative estimate of drug-likeness (QED) is 0.875. The van der Waals surface area contributed by atoms with Crippen LogP contribution in [0.5, 0.6) is 0 Å². The van der Waals surface area contributed by atoms with E-state index in [0.717, 1.165) is 17.3 Å². The minimum Gasteiger partial charge on any atom is -0.393 e. The molecule has 0 radical (unpaired) electrons. The van der Waals surface area contributed by atoms with Gasteiger partial charge in [0, 0.05) is 23.3 Å². The van der Waals surface area contributed by atoms with Crippen molar-refractivity contribution >= 4 is 21.8 Å². The summed E-state index contributed by atoms with van der Waals surface area (Å²) in [6.07, 6.45) is 4.46. The third-order valence-corrected chi connectivity index (χ3v) is 3.27. The summed E-state index contributed by atoms with van der Waals surface area (Å²) < 4.78 is 2.96. The maximum absolute atomic E-state index is 12.0. The Morgan fingerprint density at radius 2 is 2.41 bits per heavy atom. The molecule has 1 unspecified atom stereocenters. The molecule has 0 bridgehead atoms. The molecule has 2 rings (SSSR count). The van der Waals surface area contributed by atoms with Crippen molar-refractivity contribution in [2.24, 2.45) is 0 Å². The van der Waals surface area contributed by atoms with Crippen LogP contribution in [0.15, 0.2) is 16.7 Å². The van der Waals surface area contributed by atoms with Crippen molar-refractivity contribution in [3.8, 4) is 0 Å². The molecular formula is C12H17BrN2O2. The Morgan fingerprint density at radius 1 is 1.71 bits per heavy atom. The number of hydrogen-bond donors (Lipinski definition) is 2. The van der Waals surface area contributed by atoms with Crippen LogP contribution in [0.4, 0.5) is 0 Å². The third kappa shape index (κ3) is 3.33. The fraction of sp³-hybridized carbons (Fsp3) is 0.583. The molecule has 0 saturated heterocycles. The fourth-order valence-electron chi connectivity index (χ4n) is 1.77. The Hall–Kier alpha value is -0.810. The summed E-state index contributed by atoms with van der Waals surface area (Å²) in [5.41, 5.74) is 0.699. The summed E-state index contributed by atoms with van der Waals surface area (Å²) in [5, 5.41) is 12.0. The maximum Gasteiger partial charge on any atom is 0.267 e. The smallest absolute Gasteiger partial charge is 0.267 e. The molecule has 0 aliphatic heterocycles.